The van der Waals surface area contributed by atoms with Crippen LogP contribution in [-0.4, -0.2) is 23.5 Å². The summed E-state index contributed by atoms with van der Waals surface area (Å²) >= 11 is 0. The number of nitrogen functional groups attached to an aromatic ring is 1. The summed E-state index contributed by atoms with van der Waals surface area (Å²) < 4.78 is 5.19. The fourth-order valence-corrected chi connectivity index (χ4v) is 2.99. The summed E-state index contributed by atoms with van der Waals surface area (Å²) in [5.74, 6) is -0.259. The SMILES string of the molecule is N#C[C@H]1C[C@@H]1C(=O)Nc1cc2cc(C3CNC(=O)O3)cc(N)c2cn1. The number of nitrogens with zero attached hydrogens (tertiary/aromatic N) is 2. The zero-order chi connectivity index (χ0) is 17.6. The van der Waals surface area contributed by atoms with Crippen LogP contribution in [0.5, 0.6) is 0 Å². The number of rotatable bonds is 3. The molecule has 1 aromatic heterocycles. The van der Waals surface area contributed by atoms with Crippen molar-refractivity contribution >= 4 is 34.3 Å². The summed E-state index contributed by atoms with van der Waals surface area (Å²) in [6.07, 6.45) is 1.33. The zero-order valence-corrected chi connectivity index (χ0v) is 13.2. The van der Waals surface area contributed by atoms with Gasteiger partial charge in [-0.05, 0) is 35.6 Å². The van der Waals surface area contributed by atoms with E-state index in [1.54, 1.807) is 18.3 Å². The first-order valence-corrected chi connectivity index (χ1v) is 7.89. The fraction of sp³-hybridized carbons (Fsp3) is 0.294. The van der Waals surface area contributed by atoms with Crippen LogP contribution in [0.4, 0.5) is 16.3 Å². The third-order valence-electron chi connectivity index (χ3n) is 4.49. The molecule has 1 unspecified atom stereocenters. The monoisotopic (exact) mass is 337 g/mol. The van der Waals surface area contributed by atoms with E-state index in [2.05, 4.69) is 21.7 Å². The molecule has 2 aromatic rings. The molecular weight excluding hydrogens is 322 g/mol. The highest BCUT2D eigenvalue weighted by Gasteiger charge is 2.43. The van der Waals surface area contributed by atoms with E-state index in [1.807, 2.05) is 6.07 Å². The molecule has 2 amide bonds. The van der Waals surface area contributed by atoms with Gasteiger partial charge in [-0.15, -0.1) is 0 Å². The van der Waals surface area contributed by atoms with Crippen molar-refractivity contribution < 1.29 is 14.3 Å². The van der Waals surface area contributed by atoms with Crippen molar-refractivity contribution in [3.8, 4) is 6.07 Å². The van der Waals surface area contributed by atoms with Gasteiger partial charge in [0.25, 0.3) is 0 Å². The molecule has 1 aliphatic carbocycles. The number of carbonyl (C=O) groups excluding carboxylic acids is 2. The lowest BCUT2D eigenvalue weighted by molar-refractivity contribution is -0.117. The smallest absolute Gasteiger partial charge is 0.407 e. The van der Waals surface area contributed by atoms with Gasteiger partial charge in [0.05, 0.1) is 24.4 Å². The van der Waals surface area contributed by atoms with Crippen LogP contribution < -0.4 is 16.4 Å². The number of alkyl carbamates (subject to hydrolysis) is 1. The summed E-state index contributed by atoms with van der Waals surface area (Å²) in [5.41, 5.74) is 7.38. The Bertz CT molecular complexity index is 936. The minimum absolute atomic E-state index is 0.198. The number of ether oxygens (including phenoxy) is 1. The predicted molar refractivity (Wildman–Crippen MR) is 89.2 cm³/mol. The molecule has 126 valence electrons. The van der Waals surface area contributed by atoms with Gasteiger partial charge in [-0.1, -0.05) is 0 Å². The van der Waals surface area contributed by atoms with Crippen molar-refractivity contribution in [3.05, 3.63) is 30.0 Å². The molecule has 0 bridgehead atoms. The van der Waals surface area contributed by atoms with E-state index >= 15 is 0 Å². The summed E-state index contributed by atoms with van der Waals surface area (Å²) in [4.78, 5) is 27.5. The van der Waals surface area contributed by atoms with Crippen LogP contribution in [0.1, 0.15) is 18.1 Å². The molecule has 4 N–H and O–H groups in total. The molecule has 1 saturated heterocycles. The van der Waals surface area contributed by atoms with Crippen molar-refractivity contribution in [2.75, 3.05) is 17.6 Å². The van der Waals surface area contributed by atoms with Gasteiger partial charge in [0.15, 0.2) is 0 Å². The standard InChI is InChI=1S/C17H15N5O3/c18-5-10-2-11(10)16(23)22-15-4-8-1-9(14-7-21-17(24)25-14)3-13(19)12(8)6-20-15/h1,3-4,6,10-11,14H,2,7,19H2,(H,21,24)(H,20,22,23)/t10-,11+,14?/m1/s1. The van der Waals surface area contributed by atoms with Crippen LogP contribution in [0.15, 0.2) is 24.4 Å². The minimum Gasteiger partial charge on any atom is -0.439 e. The molecule has 8 heteroatoms. The summed E-state index contributed by atoms with van der Waals surface area (Å²) in [5, 5.41) is 15.7. The van der Waals surface area contributed by atoms with Crippen LogP contribution in [0.25, 0.3) is 10.8 Å². The number of nitriles is 1. The van der Waals surface area contributed by atoms with Crippen molar-refractivity contribution in [2.45, 2.75) is 12.5 Å². The van der Waals surface area contributed by atoms with Crippen LogP contribution in [0.2, 0.25) is 0 Å². The van der Waals surface area contributed by atoms with Gasteiger partial charge < -0.3 is 21.1 Å². The molecule has 2 aliphatic rings. The molecule has 25 heavy (non-hydrogen) atoms. The average Bonchev–Trinajstić information content (AvgIpc) is 3.27. The van der Waals surface area contributed by atoms with Gasteiger partial charge in [0.1, 0.15) is 11.9 Å². The van der Waals surface area contributed by atoms with E-state index in [-0.39, 0.29) is 17.7 Å². The lowest BCUT2D eigenvalue weighted by atomic mass is 10.0. The number of hydrogen-bond donors (Lipinski definition) is 3. The van der Waals surface area contributed by atoms with E-state index < -0.39 is 12.2 Å². The molecule has 1 saturated carbocycles. The number of carbonyl (C=O) groups is 2. The van der Waals surface area contributed by atoms with E-state index in [4.69, 9.17) is 15.7 Å². The first kappa shape index (κ1) is 15.2. The normalized spacial score (nSPS) is 24.3. The number of anilines is 2. The number of pyridine rings is 1. The van der Waals surface area contributed by atoms with E-state index in [0.29, 0.717) is 24.5 Å². The Balaban J connectivity index is 1.61. The number of benzene rings is 1. The van der Waals surface area contributed by atoms with Crippen LogP contribution >= 0.6 is 0 Å². The maximum atomic E-state index is 12.1. The topological polar surface area (TPSA) is 130 Å². The van der Waals surface area contributed by atoms with Gasteiger partial charge in [-0.25, -0.2) is 9.78 Å². The maximum absolute atomic E-state index is 12.1. The number of fused-ring (bicyclic) bond motifs is 1. The molecular formula is C17H15N5O3. The van der Waals surface area contributed by atoms with Crippen LogP contribution in [-0.2, 0) is 9.53 Å². The van der Waals surface area contributed by atoms with Gasteiger partial charge in [0.2, 0.25) is 5.91 Å². The number of amides is 2. The molecule has 2 fully saturated rings. The van der Waals surface area contributed by atoms with Crippen molar-refractivity contribution in [1.29, 1.82) is 5.26 Å². The highest BCUT2D eigenvalue weighted by molar-refractivity contribution is 5.98. The summed E-state index contributed by atoms with van der Waals surface area (Å²) in [6, 6.07) is 7.44. The van der Waals surface area contributed by atoms with Gasteiger partial charge in [0, 0.05) is 17.3 Å². The van der Waals surface area contributed by atoms with Crippen molar-refractivity contribution in [2.24, 2.45) is 11.8 Å². The highest BCUT2D eigenvalue weighted by atomic mass is 16.6. The molecule has 3 atom stereocenters. The maximum Gasteiger partial charge on any atom is 0.407 e. The fourth-order valence-electron chi connectivity index (χ4n) is 2.99. The molecule has 1 aromatic carbocycles. The summed E-state index contributed by atoms with van der Waals surface area (Å²) in [7, 11) is 0. The highest BCUT2D eigenvalue weighted by Crippen LogP contribution is 2.38. The average molecular weight is 337 g/mol. The zero-order valence-electron chi connectivity index (χ0n) is 13.2. The van der Waals surface area contributed by atoms with Crippen LogP contribution in [0.3, 0.4) is 0 Å². The second kappa shape index (κ2) is 5.63. The van der Waals surface area contributed by atoms with Gasteiger partial charge >= 0.3 is 6.09 Å². The minimum atomic E-state index is -0.456. The molecule has 8 nitrogen and oxygen atoms in total. The molecule has 2 heterocycles. The number of nitrogens with two attached hydrogens (primary N) is 1. The predicted octanol–water partition coefficient (Wildman–Crippen LogP) is 1.70. The third-order valence-corrected chi connectivity index (χ3v) is 4.49. The van der Waals surface area contributed by atoms with E-state index in [0.717, 1.165) is 16.3 Å². The largest absolute Gasteiger partial charge is 0.439 e. The number of aromatic nitrogens is 1. The Morgan fingerprint density at radius 2 is 2.28 bits per heavy atom. The first-order valence-electron chi connectivity index (χ1n) is 7.89. The van der Waals surface area contributed by atoms with Crippen molar-refractivity contribution in [1.82, 2.24) is 10.3 Å². The lowest BCUT2D eigenvalue weighted by Gasteiger charge is -2.12. The second-order valence-electron chi connectivity index (χ2n) is 6.24. The van der Waals surface area contributed by atoms with Gasteiger partial charge in [-0.3, -0.25) is 4.79 Å². The molecule has 1 aliphatic heterocycles. The van der Waals surface area contributed by atoms with Crippen LogP contribution in [0, 0.1) is 23.2 Å². The molecule has 4 rings (SSSR count). The quantitative estimate of drug-likeness (QED) is 0.731. The summed E-state index contributed by atoms with van der Waals surface area (Å²) in [6.45, 7) is 0.385. The van der Waals surface area contributed by atoms with Crippen molar-refractivity contribution in [3.63, 3.8) is 0 Å². The van der Waals surface area contributed by atoms with Gasteiger partial charge in [-0.2, -0.15) is 5.26 Å². The first-order chi connectivity index (χ1) is 12.0. The number of cyclic esters (lactones) is 1. The Morgan fingerprint density at radius 1 is 1.44 bits per heavy atom. The number of hydrogen-bond acceptors (Lipinski definition) is 6. The van der Waals surface area contributed by atoms with E-state index in [1.165, 1.54) is 0 Å². The lowest BCUT2D eigenvalue weighted by Crippen LogP contribution is -2.15. The Morgan fingerprint density at radius 3 is 2.96 bits per heavy atom. The third kappa shape index (κ3) is 2.80. The molecule has 0 spiro atoms. The number of nitrogens with one attached hydrogen (secondary N) is 2. The Kier molecular flexibility index (Phi) is 3.42. The Labute approximate surface area is 143 Å². The van der Waals surface area contributed by atoms with E-state index in [9.17, 15) is 9.59 Å². The molecule has 0 radical (unpaired) electrons. The second-order valence-corrected chi connectivity index (χ2v) is 6.24. The Hall–Kier alpha value is -3.34.